The van der Waals surface area contributed by atoms with E-state index in [2.05, 4.69) is 127 Å². The van der Waals surface area contributed by atoms with Gasteiger partial charge in [0.15, 0.2) is 17.5 Å². The van der Waals surface area contributed by atoms with Crippen LogP contribution >= 0.6 is 0 Å². The predicted octanol–water partition coefficient (Wildman–Crippen LogP) is 12.1. The largest absolute Gasteiger partial charge is 0.456 e. The number of para-hydroxylation sites is 2. The van der Waals surface area contributed by atoms with Crippen LogP contribution in [0.3, 0.4) is 0 Å². The van der Waals surface area contributed by atoms with Crippen molar-refractivity contribution in [3.8, 4) is 62.9 Å². The van der Waals surface area contributed by atoms with Gasteiger partial charge in [0.25, 0.3) is 0 Å². The van der Waals surface area contributed by atoms with Crippen molar-refractivity contribution < 1.29 is 4.74 Å². The van der Waals surface area contributed by atoms with E-state index >= 15 is 0 Å². The molecule has 0 fully saturated rings. The molecule has 0 saturated carbocycles. The molecule has 5 heteroatoms. The number of ether oxygens (including phenoxy) is 1. The van der Waals surface area contributed by atoms with E-state index in [1.807, 2.05) is 72.8 Å². The van der Waals surface area contributed by atoms with Crippen molar-refractivity contribution in [3.63, 3.8) is 0 Å². The normalized spacial score (nSPS) is 12.6. The highest BCUT2D eigenvalue weighted by molar-refractivity contribution is 5.98. The van der Waals surface area contributed by atoms with E-state index < -0.39 is 5.41 Å². The van der Waals surface area contributed by atoms with Gasteiger partial charge in [0, 0.05) is 38.8 Å². The summed E-state index contributed by atoms with van der Waals surface area (Å²) in [5, 5.41) is 11.6. The number of nitriles is 1. The number of hydrogen-bond donors (Lipinski definition) is 0. The van der Waals surface area contributed by atoms with Crippen molar-refractivity contribution in [2.45, 2.75) is 5.41 Å². The number of aromatic nitrogens is 3. The summed E-state index contributed by atoms with van der Waals surface area (Å²) in [6.45, 7) is 0. The third-order valence-electron chi connectivity index (χ3n) is 10.7. The highest BCUT2D eigenvalue weighted by Crippen LogP contribution is 2.57. The standard InChI is InChI=1S/C51H32N4O/c52-33-37-31-32-43(42-22-11-10-21-40(37)42)50-54-48(35-15-4-1-5-16-35)53-49(55-50)36-29-27-34(28-30-36)41-23-14-25-45-47(41)56-46-26-13-12-24-44(46)51(45,38-17-6-2-7-18-38)39-19-8-3-9-20-39/h1-32H. The van der Waals surface area contributed by atoms with Gasteiger partial charge in [0.05, 0.1) is 17.0 Å². The summed E-state index contributed by atoms with van der Waals surface area (Å²) in [6, 6.07) is 68.6. The molecule has 0 unspecified atom stereocenters. The molecular weight excluding hydrogens is 685 g/mol. The van der Waals surface area contributed by atoms with Gasteiger partial charge in [-0.25, -0.2) is 15.0 Å². The van der Waals surface area contributed by atoms with Gasteiger partial charge in [-0.05, 0) is 40.3 Å². The lowest BCUT2D eigenvalue weighted by Crippen LogP contribution is -2.34. The SMILES string of the molecule is N#Cc1ccc(-c2nc(-c3ccccc3)nc(-c3ccc(-c4cccc5c4Oc4ccccc4C5(c4ccccc4)c4ccccc4)cc3)n2)c2ccccc12. The van der Waals surface area contributed by atoms with Crippen LogP contribution in [-0.4, -0.2) is 15.0 Å². The highest BCUT2D eigenvalue weighted by Gasteiger charge is 2.45. The van der Waals surface area contributed by atoms with Crippen molar-refractivity contribution in [2.24, 2.45) is 0 Å². The Morgan fingerprint density at radius 2 is 0.946 bits per heavy atom. The van der Waals surface area contributed by atoms with Gasteiger partial charge in [-0.3, -0.25) is 0 Å². The number of hydrogen-bond acceptors (Lipinski definition) is 5. The zero-order valence-electron chi connectivity index (χ0n) is 30.2. The Morgan fingerprint density at radius 3 is 1.62 bits per heavy atom. The van der Waals surface area contributed by atoms with E-state index in [-0.39, 0.29) is 0 Å². The van der Waals surface area contributed by atoms with Crippen LogP contribution in [0.4, 0.5) is 0 Å². The quantitative estimate of drug-likeness (QED) is 0.171. The average Bonchev–Trinajstić information content (AvgIpc) is 3.28. The van der Waals surface area contributed by atoms with Crippen LogP contribution in [0.15, 0.2) is 194 Å². The van der Waals surface area contributed by atoms with Gasteiger partial charge in [-0.2, -0.15) is 5.26 Å². The van der Waals surface area contributed by atoms with E-state index in [4.69, 9.17) is 19.7 Å². The number of rotatable bonds is 6. The number of fused-ring (bicyclic) bond motifs is 3. The Balaban J connectivity index is 1.12. The van der Waals surface area contributed by atoms with Crippen LogP contribution in [0.1, 0.15) is 27.8 Å². The van der Waals surface area contributed by atoms with Gasteiger partial charge >= 0.3 is 0 Å². The smallest absolute Gasteiger partial charge is 0.164 e. The fraction of sp³-hybridized carbons (Fsp3) is 0.0196. The molecule has 2 heterocycles. The van der Waals surface area contributed by atoms with Crippen molar-refractivity contribution in [2.75, 3.05) is 0 Å². The molecule has 0 amide bonds. The van der Waals surface area contributed by atoms with Crippen LogP contribution in [0.5, 0.6) is 11.5 Å². The zero-order chi connectivity index (χ0) is 37.5. The second-order valence-electron chi connectivity index (χ2n) is 13.8. The minimum Gasteiger partial charge on any atom is -0.456 e. The molecule has 1 aromatic heterocycles. The van der Waals surface area contributed by atoms with E-state index in [0.717, 1.165) is 61.2 Å². The lowest BCUT2D eigenvalue weighted by atomic mass is 9.63. The van der Waals surface area contributed by atoms with Crippen molar-refractivity contribution >= 4 is 10.8 Å². The molecule has 56 heavy (non-hydrogen) atoms. The van der Waals surface area contributed by atoms with E-state index in [9.17, 15) is 5.26 Å². The topological polar surface area (TPSA) is 71.7 Å². The van der Waals surface area contributed by atoms with Gasteiger partial charge in [-0.1, -0.05) is 176 Å². The minimum atomic E-state index is -0.604. The van der Waals surface area contributed by atoms with Crippen molar-refractivity contribution in [3.05, 3.63) is 222 Å². The first-order valence-electron chi connectivity index (χ1n) is 18.6. The first-order chi connectivity index (χ1) is 27.7. The van der Waals surface area contributed by atoms with Crippen LogP contribution in [0, 0.1) is 11.3 Å². The summed E-state index contributed by atoms with van der Waals surface area (Å²) in [6.07, 6.45) is 0. The molecule has 9 aromatic rings. The molecule has 0 radical (unpaired) electrons. The summed E-state index contributed by atoms with van der Waals surface area (Å²) in [5.41, 5.74) is 9.12. The molecule has 262 valence electrons. The molecule has 8 aromatic carbocycles. The summed E-state index contributed by atoms with van der Waals surface area (Å²) in [7, 11) is 0. The highest BCUT2D eigenvalue weighted by atomic mass is 16.5. The van der Waals surface area contributed by atoms with Gasteiger partial charge in [0.1, 0.15) is 11.5 Å². The van der Waals surface area contributed by atoms with E-state index in [1.54, 1.807) is 0 Å². The lowest BCUT2D eigenvalue weighted by molar-refractivity contribution is 0.436. The number of benzene rings is 8. The van der Waals surface area contributed by atoms with Gasteiger partial charge in [-0.15, -0.1) is 0 Å². The Labute approximate surface area is 324 Å². The summed E-state index contributed by atoms with van der Waals surface area (Å²) < 4.78 is 6.90. The van der Waals surface area contributed by atoms with Gasteiger partial charge < -0.3 is 4.74 Å². The fourth-order valence-corrected chi connectivity index (χ4v) is 8.19. The maximum atomic E-state index is 9.83. The Kier molecular flexibility index (Phi) is 8.01. The summed E-state index contributed by atoms with van der Waals surface area (Å²) in [5.74, 6) is 3.33. The van der Waals surface area contributed by atoms with E-state index in [0.29, 0.717) is 23.0 Å². The van der Waals surface area contributed by atoms with Crippen LogP contribution in [-0.2, 0) is 5.41 Å². The number of nitrogens with zero attached hydrogens (tertiary/aromatic N) is 4. The third kappa shape index (κ3) is 5.35. The first-order valence-corrected chi connectivity index (χ1v) is 18.6. The van der Waals surface area contributed by atoms with Crippen molar-refractivity contribution in [1.29, 1.82) is 5.26 Å². The van der Waals surface area contributed by atoms with Crippen molar-refractivity contribution in [1.82, 2.24) is 15.0 Å². The summed E-state index contributed by atoms with van der Waals surface area (Å²) in [4.78, 5) is 15.0. The molecule has 5 nitrogen and oxygen atoms in total. The molecule has 0 aliphatic carbocycles. The molecule has 10 rings (SSSR count). The fourth-order valence-electron chi connectivity index (χ4n) is 8.19. The Morgan fingerprint density at radius 1 is 0.411 bits per heavy atom. The summed E-state index contributed by atoms with van der Waals surface area (Å²) >= 11 is 0. The molecule has 0 bridgehead atoms. The average molecular weight is 717 g/mol. The molecule has 0 spiro atoms. The predicted molar refractivity (Wildman–Crippen MR) is 222 cm³/mol. The Hall–Kier alpha value is -7.68. The second-order valence-corrected chi connectivity index (χ2v) is 13.8. The Bertz CT molecular complexity index is 2900. The molecular formula is C51H32N4O. The van der Waals surface area contributed by atoms with Gasteiger partial charge in [0.2, 0.25) is 0 Å². The third-order valence-corrected chi connectivity index (χ3v) is 10.7. The monoisotopic (exact) mass is 716 g/mol. The minimum absolute atomic E-state index is 0.543. The maximum absolute atomic E-state index is 9.83. The molecule has 0 atom stereocenters. The van der Waals surface area contributed by atoms with E-state index in [1.165, 1.54) is 11.1 Å². The lowest BCUT2D eigenvalue weighted by Gasteiger charge is -2.42. The second kappa shape index (κ2) is 13.6. The van der Waals surface area contributed by atoms with Crippen LogP contribution < -0.4 is 4.74 Å². The maximum Gasteiger partial charge on any atom is 0.164 e. The molecule has 0 saturated heterocycles. The van der Waals surface area contributed by atoms with Crippen LogP contribution in [0.2, 0.25) is 0 Å². The van der Waals surface area contributed by atoms with Crippen LogP contribution in [0.25, 0.3) is 56.1 Å². The molecule has 1 aliphatic rings. The first kappa shape index (κ1) is 32.9. The zero-order valence-corrected chi connectivity index (χ0v) is 30.2. The molecule has 1 aliphatic heterocycles. The molecule has 0 N–H and O–H groups in total.